The van der Waals surface area contributed by atoms with E-state index in [4.69, 9.17) is 4.74 Å². The molecule has 0 saturated carbocycles. The average molecular weight is 212 g/mol. The van der Waals surface area contributed by atoms with Crippen LogP contribution >= 0.6 is 0 Å². The van der Waals surface area contributed by atoms with Crippen molar-refractivity contribution in [2.45, 2.75) is 32.3 Å². The maximum absolute atomic E-state index is 5.68. The standard InChI is InChI=1S/C12H24N2O/c1-2-12-11(4-6-15-12)9-14-8-10-3-5-13-7-10/h10-14H,2-9H2,1H3. The topological polar surface area (TPSA) is 33.3 Å². The molecule has 3 nitrogen and oxygen atoms in total. The normalized spacial score (nSPS) is 36.2. The second kappa shape index (κ2) is 5.83. The Morgan fingerprint density at radius 3 is 3.00 bits per heavy atom. The third-order valence-electron chi connectivity index (χ3n) is 3.75. The average Bonchev–Trinajstić information content (AvgIpc) is 2.88. The summed E-state index contributed by atoms with van der Waals surface area (Å²) in [6.07, 6.45) is 4.26. The highest BCUT2D eigenvalue weighted by Crippen LogP contribution is 2.22. The Labute approximate surface area is 93.0 Å². The van der Waals surface area contributed by atoms with E-state index in [1.165, 1.54) is 32.5 Å². The zero-order valence-electron chi connectivity index (χ0n) is 9.80. The van der Waals surface area contributed by atoms with Crippen molar-refractivity contribution >= 4 is 0 Å². The molecule has 2 rings (SSSR count). The minimum Gasteiger partial charge on any atom is -0.378 e. The zero-order chi connectivity index (χ0) is 10.5. The zero-order valence-corrected chi connectivity index (χ0v) is 9.80. The highest BCUT2D eigenvalue weighted by atomic mass is 16.5. The first-order valence-electron chi connectivity index (χ1n) is 6.43. The van der Waals surface area contributed by atoms with E-state index >= 15 is 0 Å². The summed E-state index contributed by atoms with van der Waals surface area (Å²) in [4.78, 5) is 0. The van der Waals surface area contributed by atoms with Crippen LogP contribution in [0.1, 0.15) is 26.2 Å². The quantitative estimate of drug-likeness (QED) is 0.713. The largest absolute Gasteiger partial charge is 0.378 e. The molecule has 0 aromatic carbocycles. The number of hydrogen-bond acceptors (Lipinski definition) is 3. The van der Waals surface area contributed by atoms with Gasteiger partial charge >= 0.3 is 0 Å². The lowest BCUT2D eigenvalue weighted by Crippen LogP contribution is -2.32. The summed E-state index contributed by atoms with van der Waals surface area (Å²) in [7, 11) is 0. The molecule has 0 aliphatic carbocycles. The Hall–Kier alpha value is -0.120. The van der Waals surface area contributed by atoms with Gasteiger partial charge in [-0.3, -0.25) is 0 Å². The van der Waals surface area contributed by atoms with E-state index in [0.717, 1.165) is 31.4 Å². The van der Waals surface area contributed by atoms with E-state index in [9.17, 15) is 0 Å². The van der Waals surface area contributed by atoms with Crippen LogP contribution in [0.15, 0.2) is 0 Å². The van der Waals surface area contributed by atoms with Crippen LogP contribution in [0.4, 0.5) is 0 Å². The lowest BCUT2D eigenvalue weighted by Gasteiger charge is -2.18. The maximum atomic E-state index is 5.68. The van der Waals surface area contributed by atoms with Crippen LogP contribution in [0.5, 0.6) is 0 Å². The molecule has 0 amide bonds. The summed E-state index contributed by atoms with van der Waals surface area (Å²) < 4.78 is 5.68. The smallest absolute Gasteiger partial charge is 0.0613 e. The van der Waals surface area contributed by atoms with Crippen LogP contribution in [0.25, 0.3) is 0 Å². The Morgan fingerprint density at radius 2 is 2.27 bits per heavy atom. The van der Waals surface area contributed by atoms with E-state index in [1.807, 2.05) is 0 Å². The van der Waals surface area contributed by atoms with Crippen molar-refractivity contribution in [2.24, 2.45) is 11.8 Å². The molecule has 0 aromatic rings. The van der Waals surface area contributed by atoms with E-state index in [1.54, 1.807) is 0 Å². The Bertz CT molecular complexity index is 180. The fraction of sp³-hybridized carbons (Fsp3) is 1.00. The molecule has 2 saturated heterocycles. The molecule has 88 valence electrons. The Kier molecular flexibility index (Phi) is 4.42. The van der Waals surface area contributed by atoms with Gasteiger partial charge in [-0.15, -0.1) is 0 Å². The van der Waals surface area contributed by atoms with Gasteiger partial charge in [0.1, 0.15) is 0 Å². The van der Waals surface area contributed by atoms with E-state index < -0.39 is 0 Å². The van der Waals surface area contributed by atoms with Crippen molar-refractivity contribution in [3.63, 3.8) is 0 Å². The van der Waals surface area contributed by atoms with Gasteiger partial charge in [0.15, 0.2) is 0 Å². The summed E-state index contributed by atoms with van der Waals surface area (Å²) in [6, 6.07) is 0. The molecule has 0 aromatic heterocycles. The molecule has 15 heavy (non-hydrogen) atoms. The number of nitrogens with one attached hydrogen (secondary N) is 2. The van der Waals surface area contributed by atoms with Gasteiger partial charge in [-0.25, -0.2) is 0 Å². The first kappa shape index (κ1) is 11.4. The second-order valence-corrected chi connectivity index (χ2v) is 4.88. The molecule has 2 N–H and O–H groups in total. The number of hydrogen-bond donors (Lipinski definition) is 2. The molecular formula is C12H24N2O. The van der Waals surface area contributed by atoms with Gasteiger partial charge in [0, 0.05) is 13.2 Å². The molecule has 2 aliphatic heterocycles. The number of ether oxygens (including phenoxy) is 1. The molecule has 3 atom stereocenters. The summed E-state index contributed by atoms with van der Waals surface area (Å²) in [5, 5.41) is 7.02. The van der Waals surface area contributed by atoms with Gasteiger partial charge in [-0.05, 0) is 50.7 Å². The predicted molar refractivity (Wildman–Crippen MR) is 62.0 cm³/mol. The van der Waals surface area contributed by atoms with Gasteiger partial charge in [0.25, 0.3) is 0 Å². The van der Waals surface area contributed by atoms with Gasteiger partial charge in [-0.1, -0.05) is 6.92 Å². The lowest BCUT2D eigenvalue weighted by atomic mass is 9.99. The summed E-state index contributed by atoms with van der Waals surface area (Å²) in [5.74, 6) is 1.61. The highest BCUT2D eigenvalue weighted by Gasteiger charge is 2.26. The molecular weight excluding hydrogens is 188 g/mol. The third-order valence-corrected chi connectivity index (χ3v) is 3.75. The van der Waals surface area contributed by atoms with Gasteiger partial charge < -0.3 is 15.4 Å². The Morgan fingerprint density at radius 1 is 1.33 bits per heavy atom. The molecule has 0 spiro atoms. The summed E-state index contributed by atoms with van der Waals surface area (Å²) in [6.45, 7) is 7.93. The van der Waals surface area contributed by atoms with Crippen molar-refractivity contribution < 1.29 is 4.74 Å². The van der Waals surface area contributed by atoms with Crippen molar-refractivity contribution in [1.29, 1.82) is 0 Å². The van der Waals surface area contributed by atoms with Crippen LogP contribution in [0.3, 0.4) is 0 Å². The Balaban J connectivity index is 1.60. The summed E-state index contributed by atoms with van der Waals surface area (Å²) in [5.41, 5.74) is 0. The molecule has 0 radical (unpaired) electrons. The minimum atomic E-state index is 0.513. The second-order valence-electron chi connectivity index (χ2n) is 4.88. The van der Waals surface area contributed by atoms with Crippen molar-refractivity contribution in [3.05, 3.63) is 0 Å². The molecule has 2 fully saturated rings. The van der Waals surface area contributed by atoms with Crippen molar-refractivity contribution in [3.8, 4) is 0 Å². The summed E-state index contributed by atoms with van der Waals surface area (Å²) >= 11 is 0. The molecule has 2 heterocycles. The van der Waals surface area contributed by atoms with Crippen molar-refractivity contribution in [2.75, 3.05) is 32.8 Å². The number of rotatable bonds is 5. The van der Waals surface area contributed by atoms with Gasteiger partial charge in [0.05, 0.1) is 6.10 Å². The van der Waals surface area contributed by atoms with Gasteiger partial charge in [-0.2, -0.15) is 0 Å². The van der Waals surface area contributed by atoms with Crippen LogP contribution in [-0.2, 0) is 4.74 Å². The van der Waals surface area contributed by atoms with Crippen LogP contribution in [0, 0.1) is 11.8 Å². The third kappa shape index (κ3) is 3.16. The fourth-order valence-corrected chi connectivity index (χ4v) is 2.74. The fourth-order valence-electron chi connectivity index (χ4n) is 2.74. The highest BCUT2D eigenvalue weighted by molar-refractivity contribution is 4.79. The van der Waals surface area contributed by atoms with E-state index in [-0.39, 0.29) is 0 Å². The molecule has 0 bridgehead atoms. The van der Waals surface area contributed by atoms with E-state index in [2.05, 4.69) is 17.6 Å². The maximum Gasteiger partial charge on any atom is 0.0613 e. The van der Waals surface area contributed by atoms with Crippen LogP contribution in [-0.4, -0.2) is 38.9 Å². The minimum absolute atomic E-state index is 0.513. The lowest BCUT2D eigenvalue weighted by molar-refractivity contribution is 0.0871. The molecule has 2 aliphatic rings. The van der Waals surface area contributed by atoms with Crippen LogP contribution < -0.4 is 10.6 Å². The predicted octanol–water partition coefficient (Wildman–Crippen LogP) is 1.00. The molecule has 3 unspecified atom stereocenters. The van der Waals surface area contributed by atoms with E-state index in [0.29, 0.717) is 6.10 Å². The monoisotopic (exact) mass is 212 g/mol. The first-order chi connectivity index (χ1) is 7.40. The van der Waals surface area contributed by atoms with Crippen LogP contribution in [0.2, 0.25) is 0 Å². The first-order valence-corrected chi connectivity index (χ1v) is 6.43. The van der Waals surface area contributed by atoms with Crippen molar-refractivity contribution in [1.82, 2.24) is 10.6 Å². The van der Waals surface area contributed by atoms with Gasteiger partial charge in [0.2, 0.25) is 0 Å². The molecule has 3 heteroatoms. The SMILES string of the molecule is CCC1OCCC1CNCC1CCNC1.